The van der Waals surface area contributed by atoms with Gasteiger partial charge in [-0.3, -0.25) is 4.98 Å². The molecule has 0 radical (unpaired) electrons. The van der Waals surface area contributed by atoms with Crippen LogP contribution in [0.1, 0.15) is 5.56 Å². The van der Waals surface area contributed by atoms with Crippen LogP contribution < -0.4 is 15.4 Å². The van der Waals surface area contributed by atoms with Crippen LogP contribution in [0, 0.1) is 0 Å². The Morgan fingerprint density at radius 1 is 0.810 bits per heavy atom. The van der Waals surface area contributed by atoms with Gasteiger partial charge in [0.2, 0.25) is 0 Å². The van der Waals surface area contributed by atoms with Gasteiger partial charge in [0.15, 0.2) is 5.65 Å². The Morgan fingerprint density at radius 3 is 2.31 bits per heavy atom. The van der Waals surface area contributed by atoms with Crippen molar-refractivity contribution in [1.82, 2.24) is 29.5 Å². The standard InChI is InChI=1S/C29H19F3N8O2/c30-29(31,32)20-13-24(25(34-14-20)19-5-2-1-3-6-19)39-27(41)38-21-15-35-28(36-16-21)42-22-9-7-18(8-10-22)23-17-37-40-12-4-11-33-26(23)40/h1-17H,(H2,38,39,41). The van der Waals surface area contributed by atoms with Gasteiger partial charge in [0, 0.05) is 29.7 Å². The van der Waals surface area contributed by atoms with Gasteiger partial charge in [-0.05, 0) is 29.8 Å². The third-order valence-corrected chi connectivity index (χ3v) is 6.05. The molecule has 2 aromatic carbocycles. The first-order valence-corrected chi connectivity index (χ1v) is 12.4. The van der Waals surface area contributed by atoms with Gasteiger partial charge < -0.3 is 15.4 Å². The maximum absolute atomic E-state index is 13.3. The van der Waals surface area contributed by atoms with E-state index >= 15 is 0 Å². The molecule has 0 aliphatic heterocycles. The molecule has 6 rings (SSSR count). The molecule has 6 aromatic rings. The minimum atomic E-state index is -4.63. The molecular formula is C29H19F3N8O2. The zero-order valence-corrected chi connectivity index (χ0v) is 21.4. The fourth-order valence-corrected chi connectivity index (χ4v) is 4.10. The largest absolute Gasteiger partial charge is 0.424 e. The molecule has 2 N–H and O–H groups in total. The molecule has 208 valence electrons. The molecule has 4 aromatic heterocycles. The summed E-state index contributed by atoms with van der Waals surface area (Å²) < 4.78 is 47.3. The van der Waals surface area contributed by atoms with Crippen LogP contribution in [0.3, 0.4) is 0 Å². The van der Waals surface area contributed by atoms with Crippen molar-refractivity contribution in [1.29, 1.82) is 0 Å². The van der Waals surface area contributed by atoms with Gasteiger partial charge in [-0.2, -0.15) is 18.3 Å². The lowest BCUT2D eigenvalue weighted by Crippen LogP contribution is -2.21. The molecule has 0 aliphatic rings. The number of benzene rings is 2. The van der Waals surface area contributed by atoms with Crippen molar-refractivity contribution in [3.05, 3.63) is 109 Å². The van der Waals surface area contributed by atoms with E-state index in [1.54, 1.807) is 65.4 Å². The number of carbonyl (C=O) groups is 1. The van der Waals surface area contributed by atoms with Crippen molar-refractivity contribution in [2.45, 2.75) is 6.18 Å². The van der Waals surface area contributed by atoms with E-state index in [0.29, 0.717) is 11.3 Å². The summed E-state index contributed by atoms with van der Waals surface area (Å²) in [6.45, 7) is 0. The van der Waals surface area contributed by atoms with Gasteiger partial charge in [0.25, 0.3) is 0 Å². The zero-order valence-electron chi connectivity index (χ0n) is 21.4. The van der Waals surface area contributed by atoms with Gasteiger partial charge in [-0.15, -0.1) is 0 Å². The summed E-state index contributed by atoms with van der Waals surface area (Å²) in [6.07, 6.45) is 3.95. The first-order chi connectivity index (χ1) is 20.3. The van der Waals surface area contributed by atoms with E-state index in [0.717, 1.165) is 29.0 Å². The highest BCUT2D eigenvalue weighted by Crippen LogP contribution is 2.34. The van der Waals surface area contributed by atoms with Crippen LogP contribution in [0.2, 0.25) is 0 Å². The van der Waals surface area contributed by atoms with Crippen molar-refractivity contribution < 1.29 is 22.7 Å². The van der Waals surface area contributed by atoms with E-state index in [1.165, 1.54) is 12.4 Å². The van der Waals surface area contributed by atoms with E-state index in [-0.39, 0.29) is 23.1 Å². The number of nitrogens with zero attached hydrogens (tertiary/aromatic N) is 6. The number of urea groups is 1. The molecule has 42 heavy (non-hydrogen) atoms. The van der Waals surface area contributed by atoms with Crippen molar-refractivity contribution in [2.24, 2.45) is 0 Å². The molecular weight excluding hydrogens is 549 g/mol. The fourth-order valence-electron chi connectivity index (χ4n) is 4.10. The van der Waals surface area contributed by atoms with E-state index in [9.17, 15) is 18.0 Å². The second-order valence-corrected chi connectivity index (χ2v) is 8.89. The molecule has 0 fully saturated rings. The summed E-state index contributed by atoms with van der Waals surface area (Å²) in [7, 11) is 0. The molecule has 0 saturated carbocycles. The van der Waals surface area contributed by atoms with E-state index in [2.05, 4.69) is 35.7 Å². The SMILES string of the molecule is O=C(Nc1cnc(Oc2ccc(-c3cnn4cccnc34)cc2)nc1)Nc1cc(C(F)(F)F)cnc1-c1ccccc1. The number of anilines is 2. The van der Waals surface area contributed by atoms with Gasteiger partial charge >= 0.3 is 18.2 Å². The summed E-state index contributed by atoms with van der Waals surface area (Å²) in [4.78, 5) is 29.2. The smallest absolute Gasteiger partial charge is 0.417 e. The highest BCUT2D eigenvalue weighted by molar-refractivity contribution is 6.01. The second-order valence-electron chi connectivity index (χ2n) is 8.89. The van der Waals surface area contributed by atoms with Gasteiger partial charge in [-0.1, -0.05) is 42.5 Å². The number of ether oxygens (including phenoxy) is 1. The Morgan fingerprint density at radius 2 is 1.57 bits per heavy atom. The number of pyridine rings is 1. The van der Waals surface area contributed by atoms with Gasteiger partial charge in [-0.25, -0.2) is 24.3 Å². The minimum Gasteiger partial charge on any atom is -0.424 e. The number of carbonyl (C=O) groups excluding carboxylic acids is 1. The maximum atomic E-state index is 13.3. The monoisotopic (exact) mass is 568 g/mol. The third-order valence-electron chi connectivity index (χ3n) is 6.05. The van der Waals surface area contributed by atoms with Crippen LogP contribution in [0.25, 0.3) is 28.0 Å². The van der Waals surface area contributed by atoms with Crippen LogP contribution >= 0.6 is 0 Å². The predicted octanol–water partition coefficient (Wildman–Crippen LogP) is 6.70. The second kappa shape index (κ2) is 11.0. The number of halogens is 3. The van der Waals surface area contributed by atoms with E-state index in [1.807, 2.05) is 18.3 Å². The Kier molecular flexibility index (Phi) is 6.88. The maximum Gasteiger partial charge on any atom is 0.417 e. The van der Waals surface area contributed by atoms with E-state index < -0.39 is 17.8 Å². The van der Waals surface area contributed by atoms with Crippen molar-refractivity contribution >= 4 is 23.1 Å². The summed E-state index contributed by atoms with van der Waals surface area (Å²) in [5.74, 6) is 0.479. The normalized spacial score (nSPS) is 11.3. The number of hydrogen-bond acceptors (Lipinski definition) is 7. The Bertz CT molecular complexity index is 1860. The summed E-state index contributed by atoms with van der Waals surface area (Å²) in [5.41, 5.74) is 2.29. The highest BCUT2D eigenvalue weighted by Gasteiger charge is 2.32. The van der Waals surface area contributed by atoms with Crippen molar-refractivity contribution in [3.63, 3.8) is 0 Å². The molecule has 0 spiro atoms. The van der Waals surface area contributed by atoms with Gasteiger partial charge in [0.1, 0.15) is 5.75 Å². The minimum absolute atomic E-state index is 0.0276. The first kappa shape index (κ1) is 26.4. The van der Waals surface area contributed by atoms with Crippen LogP contribution in [0.4, 0.5) is 29.3 Å². The number of fused-ring (bicyclic) bond motifs is 1. The molecule has 10 nitrogen and oxygen atoms in total. The van der Waals surface area contributed by atoms with E-state index in [4.69, 9.17) is 4.74 Å². The number of nitrogens with one attached hydrogen (secondary N) is 2. The average Bonchev–Trinajstić information content (AvgIpc) is 3.43. The summed E-state index contributed by atoms with van der Waals surface area (Å²) in [5, 5.41) is 9.23. The van der Waals surface area contributed by atoms with Crippen LogP contribution in [-0.2, 0) is 6.18 Å². The first-order valence-electron chi connectivity index (χ1n) is 12.4. The summed E-state index contributed by atoms with van der Waals surface area (Å²) in [6, 6.07) is 17.6. The Balaban J connectivity index is 1.12. The lowest BCUT2D eigenvalue weighted by molar-refractivity contribution is -0.137. The molecule has 2 amide bonds. The number of alkyl halides is 3. The molecule has 0 aliphatic carbocycles. The molecule has 0 bridgehead atoms. The van der Waals surface area contributed by atoms with Crippen molar-refractivity contribution in [3.8, 4) is 34.1 Å². The fraction of sp³-hybridized carbons (Fsp3) is 0.0345. The van der Waals surface area contributed by atoms with Crippen molar-refractivity contribution in [2.75, 3.05) is 10.6 Å². The Labute approximate surface area is 235 Å². The highest BCUT2D eigenvalue weighted by atomic mass is 19.4. The molecule has 0 saturated heterocycles. The summed E-state index contributed by atoms with van der Waals surface area (Å²) >= 11 is 0. The number of hydrogen-bond donors (Lipinski definition) is 2. The third kappa shape index (κ3) is 5.70. The number of rotatable bonds is 6. The topological polar surface area (TPSA) is 119 Å². The predicted molar refractivity (Wildman–Crippen MR) is 148 cm³/mol. The molecule has 13 heteroatoms. The van der Waals surface area contributed by atoms with Crippen LogP contribution in [0.15, 0.2) is 104 Å². The Hall–Kier alpha value is -5.85. The zero-order chi connectivity index (χ0) is 29.1. The lowest BCUT2D eigenvalue weighted by atomic mass is 10.1. The molecule has 0 atom stereocenters. The van der Waals surface area contributed by atoms with Crippen LogP contribution in [0.5, 0.6) is 11.8 Å². The number of amides is 2. The quantitative estimate of drug-likeness (QED) is 0.229. The van der Waals surface area contributed by atoms with Crippen LogP contribution in [-0.4, -0.2) is 35.6 Å². The molecule has 0 unspecified atom stereocenters. The lowest BCUT2D eigenvalue weighted by Gasteiger charge is -2.14. The average molecular weight is 569 g/mol. The molecule has 4 heterocycles. The van der Waals surface area contributed by atoms with Gasteiger partial charge in [0.05, 0.1) is 41.2 Å². The number of aromatic nitrogens is 6.